The van der Waals surface area contributed by atoms with Gasteiger partial charge in [0.1, 0.15) is 0 Å². The highest BCUT2D eigenvalue weighted by Crippen LogP contribution is 2.27. The van der Waals surface area contributed by atoms with Gasteiger partial charge in [0.2, 0.25) is 10.0 Å². The minimum absolute atomic E-state index is 0.446. The van der Waals surface area contributed by atoms with Gasteiger partial charge < -0.3 is 4.57 Å². The average Bonchev–Trinajstić information content (AvgIpc) is 3.35. The molecule has 1 aromatic heterocycles. The number of benzene rings is 2. The fourth-order valence-electron chi connectivity index (χ4n) is 4.31. The van der Waals surface area contributed by atoms with Crippen LogP contribution in [-0.2, 0) is 29.5 Å². The molecule has 2 aromatic carbocycles. The molecule has 5 rings (SSSR count). The van der Waals surface area contributed by atoms with Gasteiger partial charge in [0.05, 0.1) is 28.9 Å². The van der Waals surface area contributed by atoms with Crippen molar-refractivity contribution in [1.82, 2.24) is 18.8 Å². The van der Waals surface area contributed by atoms with E-state index in [1.54, 1.807) is 10.4 Å². The molecule has 146 valence electrons. The molecule has 1 fully saturated rings. The molecule has 28 heavy (non-hydrogen) atoms. The summed E-state index contributed by atoms with van der Waals surface area (Å²) < 4.78 is 29.9. The number of rotatable bonds is 4. The number of hydrogen-bond acceptors (Lipinski definition) is 4. The third-order valence-electron chi connectivity index (χ3n) is 5.92. The Morgan fingerprint density at radius 3 is 2.57 bits per heavy atom. The largest absolute Gasteiger partial charge is 0.317 e. The lowest BCUT2D eigenvalue weighted by Crippen LogP contribution is -2.48. The molecule has 0 saturated carbocycles. The molecule has 1 saturated heterocycles. The molecule has 3 aromatic rings. The number of para-hydroxylation sites is 2. The molecule has 6 nitrogen and oxygen atoms in total. The number of nitrogens with zero attached hydrogens (tertiary/aromatic N) is 4. The summed E-state index contributed by atoms with van der Waals surface area (Å²) in [4.78, 5) is 7.16. The van der Waals surface area contributed by atoms with Gasteiger partial charge in [-0.25, -0.2) is 13.4 Å². The topological polar surface area (TPSA) is 58.4 Å². The third kappa shape index (κ3) is 3.13. The van der Waals surface area contributed by atoms with Gasteiger partial charge in [-0.1, -0.05) is 18.2 Å². The second-order valence-corrected chi connectivity index (χ2v) is 9.59. The van der Waals surface area contributed by atoms with Crippen LogP contribution >= 0.6 is 0 Å². The molecular weight excluding hydrogens is 372 g/mol. The Balaban J connectivity index is 1.27. The lowest BCUT2D eigenvalue weighted by Gasteiger charge is -2.34. The second kappa shape index (κ2) is 6.99. The van der Waals surface area contributed by atoms with E-state index in [2.05, 4.69) is 20.5 Å². The molecule has 2 aliphatic rings. The van der Waals surface area contributed by atoms with Crippen molar-refractivity contribution < 1.29 is 8.42 Å². The van der Waals surface area contributed by atoms with E-state index in [0.29, 0.717) is 18.0 Å². The Morgan fingerprint density at radius 2 is 1.71 bits per heavy atom. The summed E-state index contributed by atoms with van der Waals surface area (Å²) in [6.07, 6.45) is 5.04. The van der Waals surface area contributed by atoms with Gasteiger partial charge in [-0.15, -0.1) is 0 Å². The first kappa shape index (κ1) is 17.8. The van der Waals surface area contributed by atoms with Crippen LogP contribution in [0.3, 0.4) is 0 Å². The fraction of sp³-hybridized carbons (Fsp3) is 0.381. The summed E-state index contributed by atoms with van der Waals surface area (Å²) in [5, 5.41) is 0. The molecule has 0 atom stereocenters. The van der Waals surface area contributed by atoms with E-state index in [1.165, 1.54) is 11.1 Å². The van der Waals surface area contributed by atoms with Crippen LogP contribution in [0.15, 0.2) is 53.7 Å². The highest BCUT2D eigenvalue weighted by Gasteiger charge is 2.29. The first-order chi connectivity index (χ1) is 13.6. The summed E-state index contributed by atoms with van der Waals surface area (Å²) >= 11 is 0. The van der Waals surface area contributed by atoms with Crippen LogP contribution in [0.4, 0.5) is 0 Å². The SMILES string of the molecule is O=S(=O)(c1ccc2c(c1)CCC2)N1CCN(Cn2cnc3ccccc32)CC1. The molecule has 1 aliphatic heterocycles. The van der Waals surface area contributed by atoms with Crippen molar-refractivity contribution in [1.29, 1.82) is 0 Å². The molecule has 1 aliphatic carbocycles. The maximum atomic E-state index is 13.1. The number of imidazole rings is 1. The third-order valence-corrected chi connectivity index (χ3v) is 7.81. The number of aromatic nitrogens is 2. The van der Waals surface area contributed by atoms with Gasteiger partial charge in [-0.2, -0.15) is 4.31 Å². The van der Waals surface area contributed by atoms with Gasteiger partial charge in [-0.3, -0.25) is 4.90 Å². The standard InChI is InChI=1S/C21H24N4O2S/c26-28(27,19-9-8-17-4-3-5-18(17)14-19)25-12-10-23(11-13-25)16-24-15-22-20-6-1-2-7-21(20)24/h1-2,6-9,14-15H,3-5,10-13,16H2. The predicted octanol–water partition coefficient (Wildman–Crippen LogP) is 2.49. The molecule has 0 spiro atoms. The highest BCUT2D eigenvalue weighted by atomic mass is 32.2. The van der Waals surface area contributed by atoms with E-state index in [-0.39, 0.29) is 0 Å². The van der Waals surface area contributed by atoms with E-state index in [4.69, 9.17) is 0 Å². The van der Waals surface area contributed by atoms with Crippen LogP contribution in [0.5, 0.6) is 0 Å². The van der Waals surface area contributed by atoms with Crippen molar-refractivity contribution >= 4 is 21.1 Å². The minimum Gasteiger partial charge on any atom is -0.317 e. The number of piperazine rings is 1. The second-order valence-electron chi connectivity index (χ2n) is 7.65. The first-order valence-electron chi connectivity index (χ1n) is 9.85. The Kier molecular flexibility index (Phi) is 4.45. The molecule has 0 amide bonds. The van der Waals surface area contributed by atoms with Gasteiger partial charge >= 0.3 is 0 Å². The quantitative estimate of drug-likeness (QED) is 0.680. The van der Waals surface area contributed by atoms with Crippen molar-refractivity contribution in [2.24, 2.45) is 0 Å². The van der Waals surface area contributed by atoms with E-state index in [0.717, 1.165) is 50.1 Å². The summed E-state index contributed by atoms with van der Waals surface area (Å²) in [5.74, 6) is 0. The van der Waals surface area contributed by atoms with Crippen molar-refractivity contribution in [3.63, 3.8) is 0 Å². The zero-order valence-corrected chi connectivity index (χ0v) is 16.6. The maximum absolute atomic E-state index is 13.1. The van der Waals surface area contributed by atoms with Crippen molar-refractivity contribution in [2.45, 2.75) is 30.8 Å². The molecule has 7 heteroatoms. The fourth-order valence-corrected chi connectivity index (χ4v) is 5.78. The normalized spacial score (nSPS) is 18.6. The smallest absolute Gasteiger partial charge is 0.243 e. The van der Waals surface area contributed by atoms with Crippen LogP contribution in [0.1, 0.15) is 17.5 Å². The summed E-state index contributed by atoms with van der Waals surface area (Å²) in [6.45, 7) is 3.21. The lowest BCUT2D eigenvalue weighted by atomic mass is 10.1. The van der Waals surface area contributed by atoms with E-state index in [9.17, 15) is 8.42 Å². The van der Waals surface area contributed by atoms with Crippen LogP contribution in [0, 0.1) is 0 Å². The predicted molar refractivity (Wildman–Crippen MR) is 109 cm³/mol. The summed E-state index contributed by atoms with van der Waals surface area (Å²) in [7, 11) is -3.42. The molecule has 0 bridgehead atoms. The average molecular weight is 397 g/mol. The van der Waals surface area contributed by atoms with Crippen LogP contribution in [0.25, 0.3) is 11.0 Å². The van der Waals surface area contributed by atoms with Crippen molar-refractivity contribution in [2.75, 3.05) is 26.2 Å². The summed E-state index contributed by atoms with van der Waals surface area (Å²) in [5.41, 5.74) is 4.60. The molecular formula is C21H24N4O2S. The number of hydrogen-bond donors (Lipinski definition) is 0. The number of sulfonamides is 1. The minimum atomic E-state index is -3.42. The van der Waals surface area contributed by atoms with E-state index in [1.807, 2.05) is 36.7 Å². The Morgan fingerprint density at radius 1 is 0.929 bits per heavy atom. The zero-order valence-electron chi connectivity index (χ0n) is 15.8. The monoisotopic (exact) mass is 396 g/mol. The number of aryl methyl sites for hydroxylation is 2. The molecule has 0 unspecified atom stereocenters. The van der Waals surface area contributed by atoms with Gasteiger partial charge in [0, 0.05) is 26.2 Å². The van der Waals surface area contributed by atoms with Crippen LogP contribution < -0.4 is 0 Å². The zero-order chi connectivity index (χ0) is 19.1. The van der Waals surface area contributed by atoms with Gasteiger partial charge in [-0.05, 0) is 54.7 Å². The lowest BCUT2D eigenvalue weighted by molar-refractivity contribution is 0.154. The summed E-state index contributed by atoms with van der Waals surface area (Å²) in [6, 6.07) is 13.7. The Bertz CT molecular complexity index is 1110. The molecule has 0 radical (unpaired) electrons. The molecule has 0 N–H and O–H groups in total. The van der Waals surface area contributed by atoms with Gasteiger partial charge in [0.25, 0.3) is 0 Å². The van der Waals surface area contributed by atoms with Crippen LogP contribution in [0.2, 0.25) is 0 Å². The Hall–Kier alpha value is -2.22. The van der Waals surface area contributed by atoms with Crippen LogP contribution in [-0.4, -0.2) is 53.4 Å². The maximum Gasteiger partial charge on any atom is 0.243 e. The number of fused-ring (bicyclic) bond motifs is 2. The van der Waals surface area contributed by atoms with Crippen molar-refractivity contribution in [3.05, 3.63) is 59.9 Å². The van der Waals surface area contributed by atoms with Crippen molar-refractivity contribution in [3.8, 4) is 0 Å². The molecule has 2 heterocycles. The first-order valence-corrected chi connectivity index (χ1v) is 11.3. The Labute approximate surface area is 165 Å². The van der Waals surface area contributed by atoms with E-state index >= 15 is 0 Å². The van der Waals surface area contributed by atoms with E-state index < -0.39 is 10.0 Å². The highest BCUT2D eigenvalue weighted by molar-refractivity contribution is 7.89. The van der Waals surface area contributed by atoms with Gasteiger partial charge in [0.15, 0.2) is 0 Å².